The van der Waals surface area contributed by atoms with E-state index >= 15 is 0 Å². The average Bonchev–Trinajstić information content (AvgIpc) is 3.34. The molecule has 1 aliphatic heterocycles. The van der Waals surface area contributed by atoms with Gasteiger partial charge in [0.2, 0.25) is 17.7 Å². The number of hydrogen-bond acceptors (Lipinski definition) is 5. The highest BCUT2D eigenvalue weighted by Gasteiger charge is 2.22. The monoisotopic (exact) mass is 447 g/mol. The summed E-state index contributed by atoms with van der Waals surface area (Å²) >= 11 is 0. The fraction of sp³-hybridized carbons (Fsp3) is 0.360. The van der Waals surface area contributed by atoms with Gasteiger partial charge in [-0.1, -0.05) is 18.8 Å². The molecule has 33 heavy (non-hydrogen) atoms. The molecule has 1 aromatic carbocycles. The van der Waals surface area contributed by atoms with Gasteiger partial charge in [-0.15, -0.1) is 0 Å². The lowest BCUT2D eigenvalue weighted by molar-refractivity contribution is -0.132. The summed E-state index contributed by atoms with van der Waals surface area (Å²) in [6.07, 6.45) is 4.26. The van der Waals surface area contributed by atoms with Crippen LogP contribution in [0.3, 0.4) is 0 Å². The number of carbonyl (C=O) groups excluding carboxylic acids is 3. The molecule has 0 aliphatic carbocycles. The van der Waals surface area contributed by atoms with E-state index in [1.54, 1.807) is 24.4 Å². The fourth-order valence-corrected chi connectivity index (χ4v) is 3.44. The third-order valence-electron chi connectivity index (χ3n) is 5.18. The Hall–Kier alpha value is -3.70. The van der Waals surface area contributed by atoms with Crippen LogP contribution >= 0.6 is 0 Å². The Morgan fingerprint density at radius 2 is 1.82 bits per heavy atom. The second-order valence-corrected chi connectivity index (χ2v) is 7.89. The van der Waals surface area contributed by atoms with Gasteiger partial charge in [0.1, 0.15) is 5.82 Å². The SMILES string of the molecule is CCCN(CC(=O)Nc1ccc(C#Cc2ccc(NC(=O)C3CCCN3)nc2)cc1)C(C)=O. The van der Waals surface area contributed by atoms with Crippen LogP contribution in [-0.4, -0.2) is 53.3 Å². The zero-order chi connectivity index (χ0) is 23.6. The minimum absolute atomic E-state index is 0.0331. The Morgan fingerprint density at radius 1 is 1.09 bits per heavy atom. The summed E-state index contributed by atoms with van der Waals surface area (Å²) in [7, 11) is 0. The Balaban J connectivity index is 1.52. The van der Waals surface area contributed by atoms with Crippen LogP contribution < -0.4 is 16.0 Å². The lowest BCUT2D eigenvalue weighted by Crippen LogP contribution is -2.37. The van der Waals surface area contributed by atoms with Crippen molar-refractivity contribution in [2.75, 3.05) is 30.3 Å². The molecule has 8 nitrogen and oxygen atoms in total. The maximum absolute atomic E-state index is 12.2. The second-order valence-electron chi connectivity index (χ2n) is 7.89. The molecule has 1 atom stereocenters. The van der Waals surface area contributed by atoms with Crippen molar-refractivity contribution in [3.05, 3.63) is 53.7 Å². The molecule has 3 N–H and O–H groups in total. The first-order valence-electron chi connectivity index (χ1n) is 11.1. The van der Waals surface area contributed by atoms with Gasteiger partial charge in [0.05, 0.1) is 12.6 Å². The van der Waals surface area contributed by atoms with E-state index in [-0.39, 0.29) is 30.3 Å². The van der Waals surface area contributed by atoms with Gasteiger partial charge in [-0.05, 0) is 62.2 Å². The van der Waals surface area contributed by atoms with Crippen LogP contribution in [0.2, 0.25) is 0 Å². The minimum Gasteiger partial charge on any atom is -0.334 e. The van der Waals surface area contributed by atoms with Gasteiger partial charge in [-0.2, -0.15) is 0 Å². The van der Waals surface area contributed by atoms with Crippen molar-refractivity contribution in [1.82, 2.24) is 15.2 Å². The van der Waals surface area contributed by atoms with Crippen molar-refractivity contribution in [2.24, 2.45) is 0 Å². The van der Waals surface area contributed by atoms with Crippen molar-refractivity contribution in [3.8, 4) is 11.8 Å². The predicted molar refractivity (Wildman–Crippen MR) is 127 cm³/mol. The number of amides is 3. The summed E-state index contributed by atoms with van der Waals surface area (Å²) in [6.45, 7) is 4.88. The number of rotatable bonds is 7. The van der Waals surface area contributed by atoms with E-state index < -0.39 is 0 Å². The molecule has 0 spiro atoms. The van der Waals surface area contributed by atoms with Crippen molar-refractivity contribution in [1.29, 1.82) is 0 Å². The number of hydrogen-bond donors (Lipinski definition) is 3. The number of aromatic nitrogens is 1. The van der Waals surface area contributed by atoms with Gasteiger partial charge >= 0.3 is 0 Å². The predicted octanol–water partition coefficient (Wildman–Crippen LogP) is 2.37. The molecule has 1 aliphatic rings. The molecule has 2 aromatic rings. The highest BCUT2D eigenvalue weighted by Crippen LogP contribution is 2.11. The number of nitrogens with one attached hydrogen (secondary N) is 3. The quantitative estimate of drug-likeness (QED) is 0.566. The van der Waals surface area contributed by atoms with Gasteiger partial charge < -0.3 is 20.9 Å². The summed E-state index contributed by atoms with van der Waals surface area (Å²) in [5.41, 5.74) is 2.16. The topological polar surface area (TPSA) is 103 Å². The van der Waals surface area contributed by atoms with Crippen LogP contribution in [0.1, 0.15) is 44.2 Å². The zero-order valence-electron chi connectivity index (χ0n) is 19.0. The molecule has 0 bridgehead atoms. The summed E-state index contributed by atoms with van der Waals surface area (Å²) in [5, 5.41) is 8.77. The van der Waals surface area contributed by atoms with Crippen LogP contribution in [-0.2, 0) is 14.4 Å². The molecule has 1 fully saturated rings. The summed E-state index contributed by atoms with van der Waals surface area (Å²) in [5.74, 6) is 6.18. The van der Waals surface area contributed by atoms with Crippen molar-refractivity contribution in [3.63, 3.8) is 0 Å². The molecule has 1 unspecified atom stereocenters. The van der Waals surface area contributed by atoms with Crippen LogP contribution in [0, 0.1) is 11.8 Å². The summed E-state index contributed by atoms with van der Waals surface area (Å²) in [4.78, 5) is 41.7. The smallest absolute Gasteiger partial charge is 0.243 e. The number of pyridine rings is 1. The van der Waals surface area contributed by atoms with Gasteiger partial charge in [-0.3, -0.25) is 14.4 Å². The average molecular weight is 448 g/mol. The largest absolute Gasteiger partial charge is 0.334 e. The number of anilines is 2. The van der Waals surface area contributed by atoms with Crippen molar-refractivity contribution >= 4 is 29.2 Å². The van der Waals surface area contributed by atoms with E-state index in [1.807, 2.05) is 25.1 Å². The molecule has 1 aromatic heterocycles. The molecular formula is C25H29N5O3. The molecule has 3 rings (SSSR count). The molecule has 3 amide bonds. The lowest BCUT2D eigenvalue weighted by Gasteiger charge is -2.19. The molecule has 8 heteroatoms. The van der Waals surface area contributed by atoms with Gasteiger partial charge in [-0.25, -0.2) is 4.98 Å². The van der Waals surface area contributed by atoms with E-state index in [0.29, 0.717) is 18.1 Å². The first kappa shape index (κ1) is 24.0. The second kappa shape index (κ2) is 11.8. The van der Waals surface area contributed by atoms with Gasteiger partial charge in [0, 0.05) is 36.5 Å². The zero-order valence-corrected chi connectivity index (χ0v) is 19.0. The Bertz CT molecular complexity index is 1030. The first-order valence-corrected chi connectivity index (χ1v) is 11.1. The number of nitrogens with zero attached hydrogens (tertiary/aromatic N) is 2. The molecular weight excluding hydrogens is 418 g/mol. The summed E-state index contributed by atoms with van der Waals surface area (Å²) in [6, 6.07) is 10.6. The third-order valence-corrected chi connectivity index (χ3v) is 5.18. The summed E-state index contributed by atoms with van der Waals surface area (Å²) < 4.78 is 0. The van der Waals surface area contributed by atoms with Crippen LogP contribution in [0.5, 0.6) is 0 Å². The van der Waals surface area contributed by atoms with E-state index in [1.165, 1.54) is 11.8 Å². The Kier molecular flexibility index (Phi) is 8.56. The van der Waals surface area contributed by atoms with Gasteiger partial charge in [0.15, 0.2) is 0 Å². The fourth-order valence-electron chi connectivity index (χ4n) is 3.44. The van der Waals surface area contributed by atoms with Crippen LogP contribution in [0.25, 0.3) is 0 Å². The van der Waals surface area contributed by atoms with E-state index in [0.717, 1.165) is 36.9 Å². The molecule has 172 valence electrons. The highest BCUT2D eigenvalue weighted by molar-refractivity contribution is 5.94. The maximum Gasteiger partial charge on any atom is 0.243 e. The molecule has 1 saturated heterocycles. The van der Waals surface area contributed by atoms with Crippen LogP contribution in [0.4, 0.5) is 11.5 Å². The van der Waals surface area contributed by atoms with Crippen LogP contribution in [0.15, 0.2) is 42.6 Å². The lowest BCUT2D eigenvalue weighted by atomic mass is 10.2. The Labute approximate surface area is 194 Å². The molecule has 2 heterocycles. The van der Waals surface area contributed by atoms with E-state index in [4.69, 9.17) is 0 Å². The number of carbonyl (C=O) groups is 3. The molecule has 0 radical (unpaired) electrons. The third kappa shape index (κ3) is 7.44. The van der Waals surface area contributed by atoms with Crippen molar-refractivity contribution < 1.29 is 14.4 Å². The van der Waals surface area contributed by atoms with Crippen molar-refractivity contribution in [2.45, 2.75) is 39.2 Å². The van der Waals surface area contributed by atoms with E-state index in [2.05, 4.69) is 32.8 Å². The highest BCUT2D eigenvalue weighted by atomic mass is 16.2. The first-order chi connectivity index (χ1) is 15.9. The van der Waals surface area contributed by atoms with Gasteiger partial charge in [0.25, 0.3) is 0 Å². The molecule has 0 saturated carbocycles. The number of benzene rings is 1. The van der Waals surface area contributed by atoms with E-state index in [9.17, 15) is 14.4 Å². The Morgan fingerprint density at radius 3 is 2.42 bits per heavy atom. The maximum atomic E-state index is 12.2. The normalized spacial score (nSPS) is 14.7. The standard InChI is InChI=1S/C25H29N5O3/c1-3-15-30(18(2)31)17-24(32)28-21-11-8-19(9-12-21)6-7-20-10-13-23(27-16-20)29-25(33)22-5-4-14-26-22/h8-13,16,22,26H,3-5,14-15,17H2,1-2H3,(H,28,32)(H,27,29,33). The minimum atomic E-state index is -0.237.